The Morgan fingerprint density at radius 1 is 1.15 bits per heavy atom. The van der Waals surface area contributed by atoms with Crippen molar-refractivity contribution < 1.29 is 14.5 Å². The van der Waals surface area contributed by atoms with E-state index in [-0.39, 0.29) is 17.0 Å². The summed E-state index contributed by atoms with van der Waals surface area (Å²) in [5.74, 6) is 0.686. The number of carbonyl (C=O) groups excluding carboxylic acids is 1. The molecule has 0 aliphatic rings. The molecule has 0 amide bonds. The van der Waals surface area contributed by atoms with Gasteiger partial charge in [0, 0.05) is 29.7 Å². The number of ketones is 1. The molecule has 0 aliphatic carbocycles. The summed E-state index contributed by atoms with van der Waals surface area (Å²) in [4.78, 5) is 30.1. The van der Waals surface area contributed by atoms with Gasteiger partial charge in [-0.15, -0.1) is 0 Å². The van der Waals surface area contributed by atoms with Crippen molar-refractivity contribution in [2.45, 2.75) is 6.92 Å². The van der Waals surface area contributed by atoms with Crippen LogP contribution in [0.5, 0.6) is 11.6 Å². The molecule has 26 heavy (non-hydrogen) atoms. The Balaban J connectivity index is 1.79. The fourth-order valence-corrected chi connectivity index (χ4v) is 2.23. The van der Waals surface area contributed by atoms with E-state index >= 15 is 0 Å². The van der Waals surface area contributed by atoms with Crippen LogP contribution in [0.2, 0.25) is 0 Å². The van der Waals surface area contributed by atoms with Gasteiger partial charge in [0.15, 0.2) is 5.78 Å². The molecule has 8 heteroatoms. The number of hydrogen-bond donors (Lipinski definition) is 1. The summed E-state index contributed by atoms with van der Waals surface area (Å²) in [6.07, 6.45) is 4.56. The molecule has 0 saturated carbocycles. The lowest BCUT2D eigenvalue weighted by molar-refractivity contribution is -0.383. The van der Waals surface area contributed by atoms with Gasteiger partial charge in [0.05, 0.1) is 11.1 Å². The van der Waals surface area contributed by atoms with Crippen LogP contribution in [-0.2, 0) is 0 Å². The lowest BCUT2D eigenvalue weighted by Crippen LogP contribution is -2.00. The molecule has 0 saturated heterocycles. The highest BCUT2D eigenvalue weighted by Gasteiger charge is 2.16. The number of rotatable bonds is 6. The molecule has 0 spiro atoms. The lowest BCUT2D eigenvalue weighted by atomic mass is 10.1. The molecule has 3 rings (SSSR count). The first-order chi connectivity index (χ1) is 12.5. The summed E-state index contributed by atoms with van der Waals surface area (Å²) in [6, 6.07) is 11.2. The maximum atomic E-state index is 11.4. The minimum atomic E-state index is -0.527. The predicted octanol–water partition coefficient (Wildman–Crippen LogP) is 4.12. The van der Waals surface area contributed by atoms with E-state index in [2.05, 4.69) is 15.3 Å². The molecule has 0 bridgehead atoms. The van der Waals surface area contributed by atoms with Gasteiger partial charge in [-0.3, -0.25) is 19.9 Å². The number of anilines is 2. The van der Waals surface area contributed by atoms with Crippen molar-refractivity contribution in [3.8, 4) is 11.6 Å². The number of nitro groups is 1. The molecule has 0 radical (unpaired) electrons. The van der Waals surface area contributed by atoms with Gasteiger partial charge in [0.2, 0.25) is 5.88 Å². The first-order valence-electron chi connectivity index (χ1n) is 7.63. The number of ether oxygens (including phenoxy) is 1. The molecule has 1 N–H and O–H groups in total. The summed E-state index contributed by atoms with van der Waals surface area (Å²) in [6.45, 7) is 1.36. The number of nitrogens with zero attached hydrogens (tertiary/aromatic N) is 3. The summed E-state index contributed by atoms with van der Waals surface area (Å²) in [5, 5.41) is 14.2. The number of benzene rings is 2. The van der Waals surface area contributed by atoms with E-state index in [1.807, 2.05) is 0 Å². The number of hydrogen-bond acceptors (Lipinski definition) is 7. The van der Waals surface area contributed by atoms with E-state index in [9.17, 15) is 14.9 Å². The van der Waals surface area contributed by atoms with E-state index in [4.69, 9.17) is 4.74 Å². The van der Waals surface area contributed by atoms with E-state index < -0.39 is 4.92 Å². The topological polar surface area (TPSA) is 107 Å². The van der Waals surface area contributed by atoms with Gasteiger partial charge in [-0.25, -0.2) is 4.98 Å². The Bertz CT molecular complexity index is 943. The second-order valence-electron chi connectivity index (χ2n) is 5.34. The molecule has 8 nitrogen and oxygen atoms in total. The van der Waals surface area contributed by atoms with Crippen LogP contribution in [-0.4, -0.2) is 20.7 Å². The average molecular weight is 350 g/mol. The van der Waals surface area contributed by atoms with Crippen LogP contribution in [0.3, 0.4) is 0 Å². The van der Waals surface area contributed by atoms with Crippen LogP contribution in [0.25, 0.3) is 0 Å². The molecular weight excluding hydrogens is 336 g/mol. The fourth-order valence-electron chi connectivity index (χ4n) is 2.23. The third-order valence-corrected chi connectivity index (χ3v) is 3.50. The van der Waals surface area contributed by atoms with E-state index in [0.717, 1.165) is 0 Å². The summed E-state index contributed by atoms with van der Waals surface area (Å²) in [7, 11) is 0. The summed E-state index contributed by atoms with van der Waals surface area (Å²) >= 11 is 0. The second-order valence-corrected chi connectivity index (χ2v) is 5.34. The molecule has 1 heterocycles. The van der Waals surface area contributed by atoms with Gasteiger partial charge >= 0.3 is 0 Å². The number of aromatic nitrogens is 2. The largest absolute Gasteiger partial charge is 0.438 e. The van der Waals surface area contributed by atoms with Crippen molar-refractivity contribution in [1.82, 2.24) is 9.97 Å². The second kappa shape index (κ2) is 7.39. The maximum Gasteiger partial charge on any atom is 0.293 e. The highest BCUT2D eigenvalue weighted by molar-refractivity contribution is 5.95. The first kappa shape index (κ1) is 17.0. The van der Waals surface area contributed by atoms with Crippen LogP contribution in [0.4, 0.5) is 17.1 Å². The Hall–Kier alpha value is -3.81. The highest BCUT2D eigenvalue weighted by Crippen LogP contribution is 2.30. The van der Waals surface area contributed by atoms with Crippen LogP contribution in [0.15, 0.2) is 61.1 Å². The van der Waals surface area contributed by atoms with Gasteiger partial charge in [0.1, 0.15) is 11.4 Å². The van der Waals surface area contributed by atoms with Crippen LogP contribution in [0, 0.1) is 10.1 Å². The fraction of sp³-hybridized carbons (Fsp3) is 0.0556. The van der Waals surface area contributed by atoms with Crippen LogP contribution < -0.4 is 10.1 Å². The van der Waals surface area contributed by atoms with Gasteiger partial charge < -0.3 is 10.1 Å². The summed E-state index contributed by atoms with van der Waals surface area (Å²) < 4.78 is 5.54. The van der Waals surface area contributed by atoms with Crippen molar-refractivity contribution in [3.63, 3.8) is 0 Å². The van der Waals surface area contributed by atoms with Crippen molar-refractivity contribution in [2.24, 2.45) is 0 Å². The van der Waals surface area contributed by atoms with Gasteiger partial charge in [0.25, 0.3) is 5.69 Å². The minimum absolute atomic E-state index is 0.169. The smallest absolute Gasteiger partial charge is 0.293 e. The Kier molecular flexibility index (Phi) is 4.84. The predicted molar refractivity (Wildman–Crippen MR) is 94.9 cm³/mol. The zero-order valence-corrected chi connectivity index (χ0v) is 13.7. The number of nitro benzene ring substituents is 1. The minimum Gasteiger partial charge on any atom is -0.438 e. The SMILES string of the molecule is CC(=O)c1ccc(Nc2ccc(Oc3cnccn3)cc2)c([N+](=O)[O-])c1. The lowest BCUT2D eigenvalue weighted by Gasteiger charge is -2.09. The van der Waals surface area contributed by atoms with E-state index in [0.29, 0.717) is 23.0 Å². The molecule has 0 fully saturated rings. The molecule has 2 aromatic carbocycles. The highest BCUT2D eigenvalue weighted by atomic mass is 16.6. The summed E-state index contributed by atoms with van der Waals surface area (Å²) in [5.41, 5.74) is 1.05. The quantitative estimate of drug-likeness (QED) is 0.405. The van der Waals surface area contributed by atoms with Crippen molar-refractivity contribution in [1.29, 1.82) is 0 Å². The third-order valence-electron chi connectivity index (χ3n) is 3.50. The molecule has 0 unspecified atom stereocenters. The normalized spacial score (nSPS) is 10.2. The van der Waals surface area contributed by atoms with E-state index in [1.165, 1.54) is 31.5 Å². The zero-order chi connectivity index (χ0) is 18.5. The van der Waals surface area contributed by atoms with Crippen LogP contribution in [0.1, 0.15) is 17.3 Å². The van der Waals surface area contributed by atoms with Crippen molar-refractivity contribution >= 4 is 22.8 Å². The Morgan fingerprint density at radius 3 is 2.54 bits per heavy atom. The number of Topliss-reactive ketones (excluding diaryl/α,β-unsaturated/α-hetero) is 1. The average Bonchev–Trinajstić information content (AvgIpc) is 2.64. The molecule has 0 aliphatic heterocycles. The maximum absolute atomic E-state index is 11.4. The van der Waals surface area contributed by atoms with Gasteiger partial charge in [-0.05, 0) is 43.3 Å². The molecular formula is C18H14N4O4. The van der Waals surface area contributed by atoms with E-state index in [1.54, 1.807) is 36.5 Å². The van der Waals surface area contributed by atoms with Gasteiger partial charge in [-0.1, -0.05) is 0 Å². The van der Waals surface area contributed by atoms with Crippen LogP contribution >= 0.6 is 0 Å². The number of nitrogens with one attached hydrogen (secondary N) is 1. The molecule has 0 atom stereocenters. The standard InChI is InChI=1S/C18H14N4O4/c1-12(23)13-2-7-16(17(10-13)22(24)25)21-14-3-5-15(6-4-14)26-18-11-19-8-9-20-18/h2-11,21H,1H3. The molecule has 130 valence electrons. The Labute approximate surface area is 148 Å². The number of carbonyl (C=O) groups is 1. The first-order valence-corrected chi connectivity index (χ1v) is 7.63. The monoisotopic (exact) mass is 350 g/mol. The van der Waals surface area contributed by atoms with Crippen molar-refractivity contribution in [2.75, 3.05) is 5.32 Å². The zero-order valence-electron chi connectivity index (χ0n) is 13.7. The molecule has 1 aromatic heterocycles. The molecule has 3 aromatic rings. The Morgan fingerprint density at radius 2 is 1.92 bits per heavy atom. The van der Waals surface area contributed by atoms with Crippen molar-refractivity contribution in [3.05, 3.63) is 76.7 Å². The third kappa shape index (κ3) is 3.99. The van der Waals surface area contributed by atoms with Gasteiger partial charge in [-0.2, -0.15) is 0 Å².